The molecule has 1 aromatic rings. The van der Waals surface area contributed by atoms with Crippen LogP contribution >= 0.6 is 0 Å². The Kier molecular flexibility index (Phi) is 4.83. The van der Waals surface area contributed by atoms with Crippen LogP contribution in [0.15, 0.2) is 0 Å². The first kappa shape index (κ1) is 19.3. The molecule has 0 saturated carbocycles. The molecular weight excluding hydrogens is 317 g/mol. The first-order valence-electron chi connectivity index (χ1n) is 8.37. The molecule has 5 heteroatoms. The summed E-state index contributed by atoms with van der Waals surface area (Å²) in [5.41, 5.74) is 2.65. The van der Waals surface area contributed by atoms with Gasteiger partial charge in [-0.3, -0.25) is 0 Å². The second-order valence-corrected chi connectivity index (χ2v) is 7.81. The Labute approximate surface area is 141 Å². The van der Waals surface area contributed by atoms with E-state index >= 15 is 0 Å². The minimum absolute atomic E-state index is 0.560. The molecule has 0 aliphatic heterocycles. The van der Waals surface area contributed by atoms with Crippen LogP contribution in [0.2, 0.25) is 0 Å². The highest BCUT2D eigenvalue weighted by Gasteiger charge is 2.56. The molecule has 0 amide bonds. The van der Waals surface area contributed by atoms with Crippen molar-refractivity contribution in [1.29, 1.82) is 0 Å². The predicted molar refractivity (Wildman–Crippen MR) is 88.4 cm³/mol. The second-order valence-electron chi connectivity index (χ2n) is 7.81. The fourth-order valence-electron chi connectivity index (χ4n) is 4.34. The van der Waals surface area contributed by atoms with Crippen molar-refractivity contribution in [2.24, 2.45) is 0 Å². The fraction of sp³-hybridized carbons (Fsp3) is 0.684. The Morgan fingerprint density at radius 2 is 1.46 bits per heavy atom. The summed E-state index contributed by atoms with van der Waals surface area (Å²) in [5.74, 6) is 0. The van der Waals surface area contributed by atoms with Crippen molar-refractivity contribution >= 4 is 0 Å². The summed E-state index contributed by atoms with van der Waals surface area (Å²) in [6.07, 6.45) is -2.61. The van der Waals surface area contributed by atoms with Crippen LogP contribution in [0, 0.1) is 20.8 Å². The van der Waals surface area contributed by atoms with E-state index in [0.29, 0.717) is 0 Å². The third-order valence-corrected chi connectivity index (χ3v) is 5.67. The smallest absolute Gasteiger partial charge is 0.393 e. The molecule has 1 unspecified atom stereocenters. The minimum atomic E-state index is -4.87. The minimum Gasteiger partial charge on any atom is -0.393 e. The first-order valence-corrected chi connectivity index (χ1v) is 8.37. The molecular formula is C19H27F3O2. The van der Waals surface area contributed by atoms with Gasteiger partial charge in [0.05, 0.1) is 6.61 Å². The number of alkyl halides is 3. The van der Waals surface area contributed by atoms with Gasteiger partial charge in [0.1, 0.15) is 0 Å². The zero-order valence-corrected chi connectivity index (χ0v) is 15.1. The lowest BCUT2D eigenvalue weighted by molar-refractivity contribution is -0.277. The van der Waals surface area contributed by atoms with Crippen molar-refractivity contribution in [2.45, 2.75) is 77.5 Å². The van der Waals surface area contributed by atoms with E-state index in [0.717, 1.165) is 41.5 Å². The third kappa shape index (κ3) is 2.97. The summed E-state index contributed by atoms with van der Waals surface area (Å²) < 4.78 is 39.8. The standard InChI is InChI=1S/C19H27F3O2/c1-11-12(2)14-7-6-8-15(14)16(13(11)3)17(4,5)9-18(24,10-23)19(20,21)22/h23-24H,6-10H2,1-5H3. The molecule has 2 rings (SSSR count). The molecule has 2 N–H and O–H groups in total. The molecule has 24 heavy (non-hydrogen) atoms. The molecule has 1 aliphatic carbocycles. The maximum Gasteiger partial charge on any atom is 0.419 e. The molecule has 2 nitrogen and oxygen atoms in total. The van der Waals surface area contributed by atoms with Gasteiger partial charge in [0.2, 0.25) is 0 Å². The van der Waals surface area contributed by atoms with Crippen LogP contribution in [0.5, 0.6) is 0 Å². The molecule has 1 atom stereocenters. The Morgan fingerprint density at radius 3 is 1.96 bits per heavy atom. The summed E-state index contributed by atoms with van der Waals surface area (Å²) in [6, 6.07) is 0. The lowest BCUT2D eigenvalue weighted by atomic mass is 9.70. The van der Waals surface area contributed by atoms with Crippen molar-refractivity contribution < 1.29 is 23.4 Å². The highest BCUT2D eigenvalue weighted by atomic mass is 19.4. The van der Waals surface area contributed by atoms with Gasteiger partial charge in [0.25, 0.3) is 0 Å². The molecule has 0 heterocycles. The second kappa shape index (κ2) is 6.03. The van der Waals surface area contributed by atoms with E-state index in [1.165, 1.54) is 11.1 Å². The van der Waals surface area contributed by atoms with Crippen molar-refractivity contribution in [3.05, 3.63) is 33.4 Å². The van der Waals surface area contributed by atoms with Crippen LogP contribution in [0.1, 0.15) is 60.1 Å². The van der Waals surface area contributed by atoms with Gasteiger partial charge in [-0.1, -0.05) is 13.8 Å². The zero-order chi connectivity index (χ0) is 18.5. The summed E-state index contributed by atoms with van der Waals surface area (Å²) >= 11 is 0. The largest absolute Gasteiger partial charge is 0.419 e. The molecule has 1 aliphatic rings. The first-order chi connectivity index (χ1) is 10.9. The molecule has 136 valence electrons. The lowest BCUT2D eigenvalue weighted by Gasteiger charge is -2.39. The van der Waals surface area contributed by atoms with Crippen LogP contribution in [0.25, 0.3) is 0 Å². The van der Waals surface area contributed by atoms with Gasteiger partial charge < -0.3 is 10.2 Å². The zero-order valence-electron chi connectivity index (χ0n) is 15.1. The number of hydrogen-bond donors (Lipinski definition) is 2. The Morgan fingerprint density at radius 1 is 0.917 bits per heavy atom. The number of rotatable bonds is 4. The molecule has 0 bridgehead atoms. The van der Waals surface area contributed by atoms with Crippen molar-refractivity contribution in [1.82, 2.24) is 0 Å². The van der Waals surface area contributed by atoms with Crippen molar-refractivity contribution in [2.75, 3.05) is 6.61 Å². The van der Waals surface area contributed by atoms with Crippen LogP contribution in [0.3, 0.4) is 0 Å². The van der Waals surface area contributed by atoms with Gasteiger partial charge in [-0.25, -0.2) is 0 Å². The fourth-order valence-corrected chi connectivity index (χ4v) is 4.34. The third-order valence-electron chi connectivity index (χ3n) is 5.67. The number of fused-ring (bicyclic) bond motifs is 1. The average molecular weight is 344 g/mol. The van der Waals surface area contributed by atoms with E-state index in [4.69, 9.17) is 0 Å². The van der Waals surface area contributed by atoms with E-state index in [1.807, 2.05) is 13.8 Å². The van der Waals surface area contributed by atoms with E-state index in [-0.39, 0.29) is 0 Å². The van der Waals surface area contributed by atoms with E-state index in [1.54, 1.807) is 13.8 Å². The number of benzene rings is 1. The van der Waals surface area contributed by atoms with Gasteiger partial charge in [-0.2, -0.15) is 13.2 Å². The van der Waals surface area contributed by atoms with Gasteiger partial charge in [0, 0.05) is 0 Å². The quantitative estimate of drug-likeness (QED) is 0.865. The van der Waals surface area contributed by atoms with Crippen LogP contribution in [-0.2, 0) is 18.3 Å². The van der Waals surface area contributed by atoms with Gasteiger partial charge in [0.15, 0.2) is 5.60 Å². The number of aliphatic hydroxyl groups is 2. The van der Waals surface area contributed by atoms with E-state index in [2.05, 4.69) is 6.92 Å². The maximum atomic E-state index is 13.3. The molecule has 0 fully saturated rings. The average Bonchev–Trinajstić information content (AvgIpc) is 2.91. The normalized spacial score (nSPS) is 17.8. The topological polar surface area (TPSA) is 40.5 Å². The molecule has 0 aromatic heterocycles. The SMILES string of the molecule is Cc1c(C)c2c(c(C(C)(C)CC(O)(CO)C(F)(F)F)c1C)CCC2. The molecule has 0 radical (unpaired) electrons. The Hall–Kier alpha value is -1.07. The van der Waals surface area contributed by atoms with Gasteiger partial charge in [-0.05, 0) is 85.3 Å². The lowest BCUT2D eigenvalue weighted by Crippen LogP contribution is -2.52. The highest BCUT2D eigenvalue weighted by Crippen LogP contribution is 2.45. The summed E-state index contributed by atoms with van der Waals surface area (Å²) in [5, 5.41) is 19.3. The number of aliphatic hydroxyl groups excluding tert-OH is 1. The van der Waals surface area contributed by atoms with Crippen molar-refractivity contribution in [3.63, 3.8) is 0 Å². The monoisotopic (exact) mass is 344 g/mol. The van der Waals surface area contributed by atoms with Crippen LogP contribution in [-0.4, -0.2) is 28.6 Å². The Bertz CT molecular complexity index is 647. The van der Waals surface area contributed by atoms with E-state index in [9.17, 15) is 23.4 Å². The Balaban J connectivity index is 2.59. The predicted octanol–water partition coefficient (Wildman–Crippen LogP) is 4.05. The van der Waals surface area contributed by atoms with Crippen molar-refractivity contribution in [3.8, 4) is 0 Å². The van der Waals surface area contributed by atoms with Crippen LogP contribution < -0.4 is 0 Å². The molecule has 1 aromatic carbocycles. The molecule has 0 spiro atoms. The number of halogens is 3. The van der Waals surface area contributed by atoms with Gasteiger partial charge >= 0.3 is 6.18 Å². The summed E-state index contributed by atoms with van der Waals surface area (Å²) in [7, 11) is 0. The summed E-state index contributed by atoms with van der Waals surface area (Å²) in [6.45, 7) is 8.16. The van der Waals surface area contributed by atoms with Gasteiger partial charge in [-0.15, -0.1) is 0 Å². The van der Waals surface area contributed by atoms with Crippen LogP contribution in [0.4, 0.5) is 13.2 Å². The van der Waals surface area contributed by atoms with E-state index < -0.39 is 30.2 Å². The summed E-state index contributed by atoms with van der Waals surface area (Å²) in [4.78, 5) is 0. The molecule has 0 saturated heterocycles. The highest BCUT2D eigenvalue weighted by molar-refractivity contribution is 5.55. The number of hydrogen-bond acceptors (Lipinski definition) is 2. The maximum absolute atomic E-state index is 13.3.